The fourth-order valence-electron chi connectivity index (χ4n) is 1.23. The van der Waals surface area contributed by atoms with E-state index in [2.05, 4.69) is 21.8 Å². The molecule has 0 atom stereocenters. The minimum atomic E-state index is 0.535. The van der Waals surface area contributed by atoms with Crippen molar-refractivity contribution in [3.63, 3.8) is 0 Å². The summed E-state index contributed by atoms with van der Waals surface area (Å²) in [4.78, 5) is 10.6. The lowest BCUT2D eigenvalue weighted by Crippen LogP contribution is -2.20. The van der Waals surface area contributed by atoms with Crippen molar-refractivity contribution in [2.75, 3.05) is 30.5 Å². The third-order valence-corrected chi connectivity index (χ3v) is 2.68. The van der Waals surface area contributed by atoms with Crippen LogP contribution in [0.4, 0.5) is 11.6 Å². The summed E-state index contributed by atoms with van der Waals surface area (Å²) in [5, 5.41) is 0.730. The smallest absolute Gasteiger partial charge is 0.191 e. The standard InChI is InChI=1S/C10H18N4S/c1-4-5-6-14(2)9-7-8(11)12-10(13-9)15-3/h7H,4-6H2,1-3H3,(H2,11,12,13). The van der Waals surface area contributed by atoms with Crippen LogP contribution in [0.15, 0.2) is 11.2 Å². The molecule has 5 heteroatoms. The fourth-order valence-corrected chi connectivity index (χ4v) is 1.61. The van der Waals surface area contributed by atoms with Gasteiger partial charge in [0.25, 0.3) is 0 Å². The first kappa shape index (κ1) is 12.1. The van der Waals surface area contributed by atoms with Crippen LogP contribution in [-0.2, 0) is 0 Å². The summed E-state index contributed by atoms with van der Waals surface area (Å²) >= 11 is 1.51. The van der Waals surface area contributed by atoms with Gasteiger partial charge in [0.15, 0.2) is 5.16 Å². The van der Waals surface area contributed by atoms with E-state index in [1.165, 1.54) is 18.2 Å². The molecule has 1 heterocycles. The van der Waals surface area contributed by atoms with Gasteiger partial charge in [-0.05, 0) is 12.7 Å². The maximum atomic E-state index is 5.71. The Morgan fingerprint density at radius 3 is 2.80 bits per heavy atom. The van der Waals surface area contributed by atoms with Crippen molar-refractivity contribution < 1.29 is 0 Å². The van der Waals surface area contributed by atoms with Gasteiger partial charge in [0.1, 0.15) is 11.6 Å². The molecule has 0 bridgehead atoms. The van der Waals surface area contributed by atoms with Crippen molar-refractivity contribution in [3.05, 3.63) is 6.07 Å². The van der Waals surface area contributed by atoms with Crippen LogP contribution in [0, 0.1) is 0 Å². The molecule has 2 N–H and O–H groups in total. The molecule has 0 amide bonds. The Balaban J connectivity index is 2.78. The molecule has 15 heavy (non-hydrogen) atoms. The number of nitrogens with zero attached hydrogens (tertiary/aromatic N) is 3. The number of thioether (sulfide) groups is 1. The van der Waals surface area contributed by atoms with E-state index in [1.807, 2.05) is 19.4 Å². The molecular weight excluding hydrogens is 208 g/mol. The molecule has 0 saturated carbocycles. The third kappa shape index (κ3) is 3.58. The SMILES string of the molecule is CCCCN(C)c1cc(N)nc(SC)n1. The van der Waals surface area contributed by atoms with Gasteiger partial charge in [-0.25, -0.2) is 9.97 Å². The van der Waals surface area contributed by atoms with Crippen LogP contribution in [0.25, 0.3) is 0 Å². The number of hydrogen-bond donors (Lipinski definition) is 1. The van der Waals surface area contributed by atoms with Crippen LogP contribution in [0.2, 0.25) is 0 Å². The Morgan fingerprint density at radius 2 is 2.20 bits per heavy atom. The summed E-state index contributed by atoms with van der Waals surface area (Å²) in [6.07, 6.45) is 4.29. The number of hydrogen-bond acceptors (Lipinski definition) is 5. The number of aromatic nitrogens is 2. The van der Waals surface area contributed by atoms with E-state index in [0.29, 0.717) is 5.82 Å². The lowest BCUT2D eigenvalue weighted by molar-refractivity contribution is 0.752. The normalized spacial score (nSPS) is 10.3. The third-order valence-electron chi connectivity index (χ3n) is 2.13. The predicted molar refractivity (Wildman–Crippen MR) is 66.4 cm³/mol. The van der Waals surface area contributed by atoms with Gasteiger partial charge in [-0.3, -0.25) is 0 Å². The monoisotopic (exact) mass is 226 g/mol. The van der Waals surface area contributed by atoms with Gasteiger partial charge >= 0.3 is 0 Å². The van der Waals surface area contributed by atoms with Crippen molar-refractivity contribution in [2.45, 2.75) is 24.9 Å². The Morgan fingerprint density at radius 1 is 1.47 bits per heavy atom. The van der Waals surface area contributed by atoms with Gasteiger partial charge in [-0.15, -0.1) is 0 Å². The number of nitrogens with two attached hydrogens (primary N) is 1. The summed E-state index contributed by atoms with van der Waals surface area (Å²) in [5.74, 6) is 1.44. The van der Waals surface area contributed by atoms with Crippen LogP contribution in [-0.4, -0.2) is 29.8 Å². The summed E-state index contributed by atoms with van der Waals surface area (Å²) in [7, 11) is 2.03. The number of rotatable bonds is 5. The highest BCUT2D eigenvalue weighted by Gasteiger charge is 2.05. The van der Waals surface area contributed by atoms with E-state index in [9.17, 15) is 0 Å². The average Bonchev–Trinajstić information content (AvgIpc) is 2.24. The summed E-state index contributed by atoms with van der Waals surface area (Å²) in [6, 6.07) is 1.81. The van der Waals surface area contributed by atoms with E-state index in [4.69, 9.17) is 5.73 Å². The lowest BCUT2D eigenvalue weighted by Gasteiger charge is -2.18. The van der Waals surface area contributed by atoms with Gasteiger partial charge in [-0.1, -0.05) is 25.1 Å². The zero-order valence-electron chi connectivity index (χ0n) is 9.53. The van der Waals surface area contributed by atoms with E-state index < -0.39 is 0 Å². The van der Waals surface area contributed by atoms with Gasteiger partial charge in [0.2, 0.25) is 0 Å². The number of unbranched alkanes of at least 4 members (excludes halogenated alkanes) is 1. The van der Waals surface area contributed by atoms with Crippen molar-refractivity contribution in [2.24, 2.45) is 0 Å². The second-order valence-electron chi connectivity index (χ2n) is 3.41. The Kier molecular flexibility index (Phi) is 4.68. The molecule has 0 aromatic carbocycles. The van der Waals surface area contributed by atoms with Gasteiger partial charge in [-0.2, -0.15) is 0 Å². The molecule has 84 valence electrons. The Labute approximate surface area is 95.3 Å². The fraction of sp³-hybridized carbons (Fsp3) is 0.600. The summed E-state index contributed by atoms with van der Waals surface area (Å²) in [6.45, 7) is 3.18. The van der Waals surface area contributed by atoms with Crippen LogP contribution in [0.5, 0.6) is 0 Å². The highest BCUT2D eigenvalue weighted by molar-refractivity contribution is 7.98. The first-order valence-electron chi connectivity index (χ1n) is 5.07. The topological polar surface area (TPSA) is 55.0 Å². The molecule has 4 nitrogen and oxygen atoms in total. The maximum absolute atomic E-state index is 5.71. The van der Waals surface area contributed by atoms with Crippen LogP contribution in [0.1, 0.15) is 19.8 Å². The maximum Gasteiger partial charge on any atom is 0.191 e. The average molecular weight is 226 g/mol. The van der Waals surface area contributed by atoms with E-state index >= 15 is 0 Å². The predicted octanol–water partition coefficient (Wildman–Crippen LogP) is 2.02. The Bertz CT molecular complexity index is 316. The summed E-state index contributed by atoms with van der Waals surface area (Å²) < 4.78 is 0. The molecule has 0 radical (unpaired) electrons. The molecule has 0 aliphatic heterocycles. The second-order valence-corrected chi connectivity index (χ2v) is 4.19. The highest BCUT2D eigenvalue weighted by Crippen LogP contribution is 2.17. The molecular formula is C10H18N4S. The minimum absolute atomic E-state index is 0.535. The highest BCUT2D eigenvalue weighted by atomic mass is 32.2. The first-order valence-corrected chi connectivity index (χ1v) is 6.29. The summed E-state index contributed by atoms with van der Waals surface area (Å²) in [5.41, 5.74) is 5.71. The quantitative estimate of drug-likeness (QED) is 0.615. The van der Waals surface area contributed by atoms with E-state index in [0.717, 1.165) is 23.9 Å². The number of nitrogen functional groups attached to an aromatic ring is 1. The lowest BCUT2D eigenvalue weighted by atomic mass is 10.3. The van der Waals surface area contributed by atoms with E-state index in [-0.39, 0.29) is 0 Å². The molecule has 0 fully saturated rings. The molecule has 1 aromatic heterocycles. The van der Waals surface area contributed by atoms with Crippen molar-refractivity contribution >= 4 is 23.4 Å². The van der Waals surface area contributed by atoms with Crippen LogP contribution >= 0.6 is 11.8 Å². The van der Waals surface area contributed by atoms with Crippen LogP contribution < -0.4 is 10.6 Å². The second kappa shape index (κ2) is 5.80. The van der Waals surface area contributed by atoms with Crippen LogP contribution in [0.3, 0.4) is 0 Å². The van der Waals surface area contributed by atoms with Gasteiger partial charge in [0, 0.05) is 19.7 Å². The van der Waals surface area contributed by atoms with Crippen molar-refractivity contribution in [3.8, 4) is 0 Å². The zero-order valence-corrected chi connectivity index (χ0v) is 10.3. The minimum Gasteiger partial charge on any atom is -0.383 e. The van der Waals surface area contributed by atoms with Gasteiger partial charge < -0.3 is 10.6 Å². The van der Waals surface area contributed by atoms with Gasteiger partial charge in [0.05, 0.1) is 0 Å². The molecule has 0 aliphatic rings. The Hall–Kier alpha value is -0.970. The molecule has 1 aromatic rings. The molecule has 0 unspecified atom stereocenters. The molecule has 1 rings (SSSR count). The zero-order chi connectivity index (χ0) is 11.3. The molecule has 0 aliphatic carbocycles. The van der Waals surface area contributed by atoms with Crippen molar-refractivity contribution in [1.29, 1.82) is 0 Å². The van der Waals surface area contributed by atoms with Crippen molar-refractivity contribution in [1.82, 2.24) is 9.97 Å². The molecule has 0 saturated heterocycles. The number of anilines is 2. The largest absolute Gasteiger partial charge is 0.383 e. The first-order chi connectivity index (χ1) is 7.17. The molecule has 0 spiro atoms. The van der Waals surface area contributed by atoms with E-state index in [1.54, 1.807) is 0 Å².